The number of aromatic nitrogens is 3. The van der Waals surface area contributed by atoms with Crippen LogP contribution in [0.4, 0.5) is 13.2 Å². The smallest absolute Gasteiger partial charge is 0.435 e. The molecule has 0 radical (unpaired) electrons. The second-order valence-corrected chi connectivity index (χ2v) is 7.35. The van der Waals surface area contributed by atoms with E-state index in [1.54, 1.807) is 19.2 Å². The number of hydrogen-bond donors (Lipinski definition) is 1. The van der Waals surface area contributed by atoms with Gasteiger partial charge in [0, 0.05) is 47.2 Å². The number of phenolic OH excluding ortho intramolecular Hbond substituents is 1. The molecule has 0 atom stereocenters. The van der Waals surface area contributed by atoms with Gasteiger partial charge in [0.1, 0.15) is 16.7 Å². The highest BCUT2D eigenvalue weighted by molar-refractivity contribution is 7.19. The molecule has 0 bridgehead atoms. The van der Waals surface area contributed by atoms with Crippen LogP contribution in [0.25, 0.3) is 32.3 Å². The van der Waals surface area contributed by atoms with Crippen molar-refractivity contribution < 1.29 is 18.3 Å². The number of phenols is 1. The number of thiophene rings is 1. The lowest BCUT2D eigenvalue weighted by molar-refractivity contribution is -0.141. The van der Waals surface area contributed by atoms with Gasteiger partial charge < -0.3 is 5.11 Å². The molecule has 0 saturated heterocycles. The van der Waals surface area contributed by atoms with E-state index in [4.69, 9.17) is 0 Å². The molecule has 1 aromatic carbocycles. The van der Waals surface area contributed by atoms with E-state index in [2.05, 4.69) is 16.2 Å². The summed E-state index contributed by atoms with van der Waals surface area (Å²) in [5.74, 6) is -0.182. The Balaban J connectivity index is 2.05. The number of benzene rings is 1. The second kappa shape index (κ2) is 6.90. The van der Waals surface area contributed by atoms with Gasteiger partial charge in [0.05, 0.1) is 4.70 Å². The van der Waals surface area contributed by atoms with Crippen LogP contribution < -0.4 is 0 Å². The molecule has 3 heterocycles. The van der Waals surface area contributed by atoms with E-state index < -0.39 is 11.9 Å². The molecule has 0 unspecified atom stereocenters. The van der Waals surface area contributed by atoms with Crippen LogP contribution in [-0.2, 0) is 12.7 Å². The summed E-state index contributed by atoms with van der Waals surface area (Å²) in [5.41, 5.74) is -0.289. The minimum Gasteiger partial charge on any atom is -0.507 e. The Morgan fingerprint density at radius 1 is 1.21 bits per heavy atom. The quantitative estimate of drug-likeness (QED) is 0.484. The molecule has 0 fully saturated rings. The predicted molar refractivity (Wildman–Crippen MR) is 103 cm³/mol. The van der Waals surface area contributed by atoms with Gasteiger partial charge in [-0.2, -0.15) is 23.5 Å². The monoisotopic (exact) mass is 414 g/mol. The van der Waals surface area contributed by atoms with Crippen molar-refractivity contribution in [3.8, 4) is 34.1 Å². The van der Waals surface area contributed by atoms with Gasteiger partial charge in [-0.3, -0.25) is 9.67 Å². The summed E-state index contributed by atoms with van der Waals surface area (Å²) in [6.07, 6.45) is -0.269. The molecule has 29 heavy (non-hydrogen) atoms. The number of nitriles is 1. The van der Waals surface area contributed by atoms with Crippen molar-refractivity contribution in [3.63, 3.8) is 0 Å². The molecule has 0 aliphatic carbocycles. The Labute approximate surface area is 167 Å². The van der Waals surface area contributed by atoms with E-state index in [-0.39, 0.29) is 29.0 Å². The molecule has 146 valence electrons. The van der Waals surface area contributed by atoms with Crippen molar-refractivity contribution in [2.45, 2.75) is 19.6 Å². The zero-order chi connectivity index (χ0) is 20.8. The maximum Gasteiger partial charge on any atom is 0.435 e. The highest BCUT2D eigenvalue weighted by Gasteiger charge is 2.38. The number of pyridine rings is 1. The Kier molecular flexibility index (Phi) is 4.51. The fourth-order valence-electron chi connectivity index (χ4n) is 3.25. The number of halogens is 3. The number of fused-ring (bicyclic) bond motifs is 1. The summed E-state index contributed by atoms with van der Waals surface area (Å²) in [4.78, 5) is 4.60. The van der Waals surface area contributed by atoms with E-state index in [0.717, 1.165) is 0 Å². The lowest BCUT2D eigenvalue weighted by atomic mass is 9.93. The average Bonchev–Trinajstić information content (AvgIpc) is 3.31. The topological polar surface area (TPSA) is 74.7 Å². The minimum absolute atomic E-state index is 0.127. The molecule has 0 spiro atoms. The first-order valence-electron chi connectivity index (χ1n) is 8.58. The number of aromatic hydroxyl groups is 1. The van der Waals surface area contributed by atoms with Crippen LogP contribution in [0, 0.1) is 11.3 Å². The van der Waals surface area contributed by atoms with Crippen molar-refractivity contribution >= 4 is 21.4 Å². The number of rotatable bonds is 3. The van der Waals surface area contributed by atoms with Crippen molar-refractivity contribution in [2.24, 2.45) is 0 Å². The van der Waals surface area contributed by atoms with Gasteiger partial charge in [-0.1, -0.05) is 12.1 Å². The van der Waals surface area contributed by atoms with Gasteiger partial charge in [-0.25, -0.2) is 0 Å². The molecule has 0 aliphatic heterocycles. The standard InChI is InChI=1S/C20H13F3N4OS/c1-2-27-10-15(19(26-27)20(21,22)23)12-4-3-5-16(28)18(12)14-8-25-9-17-13(14)6-11(7-24)29-17/h3-6,8-10,28H,2H2,1H3. The fraction of sp³-hybridized carbons (Fsp3) is 0.150. The molecule has 5 nitrogen and oxygen atoms in total. The van der Waals surface area contributed by atoms with Gasteiger partial charge >= 0.3 is 6.18 Å². The molecule has 0 saturated carbocycles. The normalized spacial score (nSPS) is 11.7. The molecule has 4 rings (SSSR count). The Hall–Kier alpha value is -3.38. The summed E-state index contributed by atoms with van der Waals surface area (Å²) < 4.78 is 42.8. The maximum atomic E-state index is 13.6. The van der Waals surface area contributed by atoms with Crippen LogP contribution in [0.1, 0.15) is 17.5 Å². The summed E-state index contributed by atoms with van der Waals surface area (Å²) in [5, 5.41) is 24.1. The number of hydrogen-bond acceptors (Lipinski definition) is 5. The van der Waals surface area contributed by atoms with Crippen molar-refractivity contribution in [2.75, 3.05) is 0 Å². The number of alkyl halides is 3. The zero-order valence-electron chi connectivity index (χ0n) is 15.0. The van der Waals surface area contributed by atoms with Gasteiger partial charge in [0.25, 0.3) is 0 Å². The van der Waals surface area contributed by atoms with Gasteiger partial charge in [0.15, 0.2) is 5.69 Å². The SMILES string of the molecule is CCn1cc(-c2cccc(O)c2-c2cncc3sc(C#N)cc23)c(C(F)(F)F)n1. The third kappa shape index (κ3) is 3.21. The largest absolute Gasteiger partial charge is 0.507 e. The Morgan fingerprint density at radius 2 is 2.00 bits per heavy atom. The number of aryl methyl sites for hydroxylation is 1. The predicted octanol–water partition coefficient (Wildman–Crippen LogP) is 5.44. The molecular weight excluding hydrogens is 401 g/mol. The highest BCUT2D eigenvalue weighted by atomic mass is 32.1. The maximum absolute atomic E-state index is 13.6. The van der Waals surface area contributed by atoms with Gasteiger partial charge in [-0.05, 0) is 24.6 Å². The van der Waals surface area contributed by atoms with Crippen LogP contribution in [0.2, 0.25) is 0 Å². The van der Waals surface area contributed by atoms with Crippen LogP contribution in [-0.4, -0.2) is 19.9 Å². The first-order chi connectivity index (χ1) is 13.8. The fourth-order valence-corrected chi connectivity index (χ4v) is 4.10. The van der Waals surface area contributed by atoms with Crippen LogP contribution in [0.15, 0.2) is 42.9 Å². The highest BCUT2D eigenvalue weighted by Crippen LogP contribution is 2.45. The Bertz CT molecular complexity index is 1270. The van der Waals surface area contributed by atoms with Crippen LogP contribution in [0.5, 0.6) is 5.75 Å². The van der Waals surface area contributed by atoms with Gasteiger partial charge in [0.2, 0.25) is 0 Å². The third-order valence-electron chi connectivity index (χ3n) is 4.51. The molecular formula is C20H13F3N4OS. The van der Waals surface area contributed by atoms with Crippen molar-refractivity contribution in [1.29, 1.82) is 5.26 Å². The van der Waals surface area contributed by atoms with E-state index in [0.29, 0.717) is 20.5 Å². The van der Waals surface area contributed by atoms with E-state index in [9.17, 15) is 23.5 Å². The van der Waals surface area contributed by atoms with E-state index >= 15 is 0 Å². The summed E-state index contributed by atoms with van der Waals surface area (Å²) in [7, 11) is 0. The van der Waals surface area contributed by atoms with Crippen molar-refractivity contribution in [1.82, 2.24) is 14.8 Å². The summed E-state index contributed by atoms with van der Waals surface area (Å²) in [6, 6.07) is 8.11. The zero-order valence-corrected chi connectivity index (χ0v) is 15.8. The second-order valence-electron chi connectivity index (χ2n) is 6.27. The number of nitrogens with zero attached hydrogens (tertiary/aromatic N) is 4. The minimum atomic E-state index is -4.65. The lowest BCUT2D eigenvalue weighted by Crippen LogP contribution is -2.09. The van der Waals surface area contributed by atoms with Crippen LogP contribution in [0.3, 0.4) is 0 Å². The molecule has 4 aromatic rings. The Morgan fingerprint density at radius 3 is 2.69 bits per heavy atom. The van der Waals surface area contributed by atoms with Gasteiger partial charge in [-0.15, -0.1) is 11.3 Å². The van der Waals surface area contributed by atoms with E-state index in [1.807, 2.05) is 0 Å². The first kappa shape index (κ1) is 19.0. The lowest BCUT2D eigenvalue weighted by Gasteiger charge is -2.13. The summed E-state index contributed by atoms with van der Waals surface area (Å²) >= 11 is 1.23. The molecule has 9 heteroatoms. The van der Waals surface area contributed by atoms with Crippen molar-refractivity contribution in [3.05, 3.63) is 53.4 Å². The molecule has 1 N–H and O–H groups in total. The first-order valence-corrected chi connectivity index (χ1v) is 9.40. The molecule has 3 aromatic heterocycles. The molecule has 0 amide bonds. The van der Waals surface area contributed by atoms with E-state index in [1.165, 1.54) is 46.6 Å². The molecule has 0 aliphatic rings. The average molecular weight is 414 g/mol. The third-order valence-corrected chi connectivity index (χ3v) is 5.49. The van der Waals surface area contributed by atoms with Crippen LogP contribution >= 0.6 is 11.3 Å². The summed E-state index contributed by atoms with van der Waals surface area (Å²) in [6.45, 7) is 1.96.